The molecule has 1 heterocycles. The van der Waals surface area contributed by atoms with E-state index >= 15 is 0 Å². The van der Waals surface area contributed by atoms with Gasteiger partial charge in [-0.25, -0.2) is 4.99 Å². The summed E-state index contributed by atoms with van der Waals surface area (Å²) in [4.78, 5) is 55.0. The molecule has 0 radical (unpaired) electrons. The molecule has 1 aliphatic heterocycles. The van der Waals surface area contributed by atoms with Gasteiger partial charge in [0, 0.05) is 11.1 Å². The Labute approximate surface area is 148 Å². The molecule has 134 valence electrons. The molecule has 1 aromatic rings. The summed E-state index contributed by atoms with van der Waals surface area (Å²) in [6.07, 6.45) is 2.77. The number of amides is 1. The van der Waals surface area contributed by atoms with Gasteiger partial charge in [0.05, 0.1) is 5.22 Å². The first kappa shape index (κ1) is 19.3. The summed E-state index contributed by atoms with van der Waals surface area (Å²) >= 11 is 0. The van der Waals surface area contributed by atoms with Crippen LogP contribution in [0.15, 0.2) is 43.2 Å². The van der Waals surface area contributed by atoms with Crippen molar-refractivity contribution >= 4 is 11.5 Å². The van der Waals surface area contributed by atoms with E-state index in [-0.39, 0.29) is 22.3 Å². The highest BCUT2D eigenvalue weighted by atomic mass is 16.2. The van der Waals surface area contributed by atoms with Crippen LogP contribution in [0.5, 0.6) is 0 Å². The maximum atomic E-state index is 12.6. The molecule has 0 N–H and O–H groups in total. The number of allylic oxidation sites excluding steroid dienone is 2. The van der Waals surface area contributed by atoms with Gasteiger partial charge in [0.1, 0.15) is 5.36 Å². The highest BCUT2D eigenvalue weighted by molar-refractivity contribution is 6.09. The zero-order chi connectivity index (χ0) is 19.8. The van der Waals surface area contributed by atoms with Crippen LogP contribution < -0.4 is 32.2 Å². The number of hydrogen-bond donors (Lipinski definition) is 0. The summed E-state index contributed by atoms with van der Waals surface area (Å²) in [5.41, 5.74) is 6.29. The van der Waals surface area contributed by atoms with Crippen molar-refractivity contribution in [3.8, 4) is 0 Å². The number of carbonyl (C=O) groups is 1. The first-order valence-corrected chi connectivity index (χ1v) is 8.21. The summed E-state index contributed by atoms with van der Waals surface area (Å²) in [6, 6.07) is 0. The third-order valence-electron chi connectivity index (χ3n) is 4.21. The Hall–Kier alpha value is -3.05. The van der Waals surface area contributed by atoms with Crippen molar-refractivity contribution in [1.29, 1.82) is 0 Å². The van der Waals surface area contributed by atoms with Crippen molar-refractivity contribution in [2.24, 2.45) is 16.8 Å². The summed E-state index contributed by atoms with van der Waals surface area (Å²) in [7, 11) is 0. The number of hydrogen-bond acceptors (Lipinski definition) is 4. The monoisotopic (exact) mass is 353 g/mol. The van der Waals surface area contributed by atoms with Crippen LogP contribution in [0.25, 0.3) is 11.1 Å². The fourth-order valence-corrected chi connectivity index (χ4v) is 3.27. The molecule has 1 aliphatic rings. The van der Waals surface area contributed by atoms with E-state index in [9.17, 15) is 19.2 Å². The average Bonchev–Trinajstić information content (AvgIpc) is 2.54. The van der Waals surface area contributed by atoms with Crippen LogP contribution in [0.1, 0.15) is 34.1 Å². The minimum absolute atomic E-state index is 0.0398. The quantitative estimate of drug-likeness (QED) is 0.307. The minimum atomic E-state index is -1.28. The molecule has 1 unspecified atom stereocenters. The van der Waals surface area contributed by atoms with E-state index in [4.69, 9.17) is 5.53 Å². The maximum absolute atomic E-state index is 12.6. The molecule has 1 aromatic carbocycles. The number of fused-ring (bicyclic) bond motifs is 1. The van der Waals surface area contributed by atoms with Crippen molar-refractivity contribution in [3.05, 3.63) is 75.9 Å². The Kier molecular flexibility index (Phi) is 5.23. The third-order valence-corrected chi connectivity index (χ3v) is 4.21. The fraction of sp³-hybridized carbons (Fsp3) is 0.368. The van der Waals surface area contributed by atoms with Gasteiger partial charge in [0.2, 0.25) is 0 Å². The third kappa shape index (κ3) is 3.21. The van der Waals surface area contributed by atoms with E-state index in [0.29, 0.717) is 11.5 Å². The highest BCUT2D eigenvalue weighted by Crippen LogP contribution is 2.23. The zero-order valence-corrected chi connectivity index (χ0v) is 15.1. The number of benzene rings is 1. The first-order chi connectivity index (χ1) is 12.1. The topological polar surface area (TPSA) is 117 Å². The summed E-state index contributed by atoms with van der Waals surface area (Å²) in [5, 5.41) is -1.60. The maximum Gasteiger partial charge on any atom is 0.413 e. The van der Waals surface area contributed by atoms with Crippen molar-refractivity contribution in [3.63, 3.8) is 0 Å². The number of carbonyl (C=O) groups excluding carboxylic acids is 1. The van der Waals surface area contributed by atoms with Gasteiger partial charge >= 0.3 is 10.8 Å². The van der Waals surface area contributed by atoms with Crippen LogP contribution in [-0.4, -0.2) is 10.7 Å². The second kappa shape index (κ2) is 7.06. The molecule has 7 nitrogen and oxygen atoms in total. The fourth-order valence-electron chi connectivity index (χ4n) is 3.27. The second-order valence-electron chi connectivity index (χ2n) is 6.89. The van der Waals surface area contributed by atoms with Gasteiger partial charge in [0.15, 0.2) is 0 Å². The van der Waals surface area contributed by atoms with E-state index in [0.717, 1.165) is 6.42 Å². The lowest BCUT2D eigenvalue weighted by Crippen LogP contribution is -2.66. The largest absolute Gasteiger partial charge is 0.413 e. The lowest BCUT2D eigenvalue weighted by atomic mass is 9.90. The molecule has 0 saturated heterocycles. The van der Waals surface area contributed by atoms with E-state index in [2.05, 4.69) is 30.2 Å². The van der Waals surface area contributed by atoms with Crippen molar-refractivity contribution in [1.82, 2.24) is 0 Å². The van der Waals surface area contributed by atoms with Crippen LogP contribution in [0.3, 0.4) is 0 Å². The Morgan fingerprint density at radius 3 is 2.31 bits per heavy atom. The van der Waals surface area contributed by atoms with Gasteiger partial charge in [-0.3, -0.25) is 19.2 Å². The molecule has 2 rings (SSSR count). The molecule has 0 aromatic heterocycles. The predicted molar refractivity (Wildman–Crippen MR) is 95.1 cm³/mol. The molecule has 0 saturated carbocycles. The molecule has 1 amide bonds. The van der Waals surface area contributed by atoms with Gasteiger partial charge in [-0.1, -0.05) is 33.4 Å². The number of nitrogens with zero attached hydrogens (tertiary/aromatic N) is 3. The summed E-state index contributed by atoms with van der Waals surface area (Å²) in [6.45, 7) is 11.5. The van der Waals surface area contributed by atoms with E-state index in [1.54, 1.807) is 6.92 Å². The van der Waals surface area contributed by atoms with Gasteiger partial charge < -0.3 is 5.53 Å². The van der Waals surface area contributed by atoms with Crippen molar-refractivity contribution < 1.29 is 9.58 Å². The highest BCUT2D eigenvalue weighted by Gasteiger charge is 2.26. The first-order valence-electron chi connectivity index (χ1n) is 8.21. The second-order valence-corrected chi connectivity index (χ2v) is 6.89. The standard InChI is InChI=1S/C19H19N3O4/c1-8(2)6-9(3)7-10(4)12-11(5)19(26)21-14-13(12)16(23)15(22-20)18(25)17(14)24/h7-9H,5-6H2,1-4H3/b10-7+. The van der Waals surface area contributed by atoms with Gasteiger partial charge in [-0.15, -0.1) is 0 Å². The lowest BCUT2D eigenvalue weighted by Gasteiger charge is -2.15. The van der Waals surface area contributed by atoms with Crippen LogP contribution in [-0.2, 0) is 4.79 Å². The predicted octanol–water partition coefficient (Wildman–Crippen LogP) is -0.731. The molecular formula is C19H19N3O4. The Morgan fingerprint density at radius 2 is 1.77 bits per heavy atom. The Balaban J connectivity index is 3.05. The molecule has 26 heavy (non-hydrogen) atoms. The van der Waals surface area contributed by atoms with Gasteiger partial charge in [-0.2, -0.15) is 4.79 Å². The van der Waals surface area contributed by atoms with Crippen LogP contribution in [0, 0.1) is 11.8 Å². The molecule has 7 heteroatoms. The normalized spacial score (nSPS) is 15.6. The van der Waals surface area contributed by atoms with Crippen LogP contribution in [0.2, 0.25) is 0 Å². The summed E-state index contributed by atoms with van der Waals surface area (Å²) < 4.78 is 0. The van der Waals surface area contributed by atoms with Gasteiger partial charge in [0.25, 0.3) is 16.8 Å². The van der Waals surface area contributed by atoms with Crippen molar-refractivity contribution in [2.45, 2.75) is 34.1 Å². The molecule has 0 bridgehead atoms. The van der Waals surface area contributed by atoms with E-state index < -0.39 is 32.9 Å². The molecular weight excluding hydrogens is 334 g/mol. The number of rotatable bonds is 4. The SMILES string of the molecule is C=C1C(=O)N=c2c(=O)c(=O)c(=[N+]=[N-])c(=O)c2=C1/C(C)=C/C(C)CC(C)C. The minimum Gasteiger partial charge on any atom is -0.360 e. The van der Waals surface area contributed by atoms with E-state index in [1.807, 2.05) is 13.0 Å². The van der Waals surface area contributed by atoms with Crippen LogP contribution in [0.4, 0.5) is 0 Å². The van der Waals surface area contributed by atoms with Crippen molar-refractivity contribution in [2.75, 3.05) is 0 Å². The van der Waals surface area contributed by atoms with Crippen LogP contribution >= 0.6 is 0 Å². The zero-order valence-electron chi connectivity index (χ0n) is 15.1. The Morgan fingerprint density at radius 1 is 1.15 bits per heavy atom. The Bertz CT molecular complexity index is 1210. The summed E-state index contributed by atoms with van der Waals surface area (Å²) in [5.74, 6) is -0.180. The molecule has 0 aliphatic carbocycles. The molecule has 0 spiro atoms. The molecule has 1 atom stereocenters. The van der Waals surface area contributed by atoms with Gasteiger partial charge in [-0.05, 0) is 30.8 Å². The smallest absolute Gasteiger partial charge is 0.360 e. The average molecular weight is 353 g/mol. The molecule has 0 fully saturated rings. The van der Waals surface area contributed by atoms with E-state index in [1.165, 1.54) is 0 Å². The lowest BCUT2D eigenvalue weighted by molar-refractivity contribution is -0.114.